The van der Waals surface area contributed by atoms with Crippen molar-refractivity contribution in [1.82, 2.24) is 10.6 Å². The molecule has 2 amide bonds. The van der Waals surface area contributed by atoms with Gasteiger partial charge in [-0.25, -0.2) is 0 Å². The Morgan fingerprint density at radius 1 is 0.973 bits per heavy atom. The third-order valence-corrected chi connectivity index (χ3v) is 10.7. The van der Waals surface area contributed by atoms with Gasteiger partial charge in [0.25, 0.3) is 0 Å². The molecular formula is C33H40N2O2. The Balaban J connectivity index is 1.22. The molecule has 1 aliphatic heterocycles. The fourth-order valence-electron chi connectivity index (χ4n) is 8.68. The molecule has 7 atom stereocenters. The molecule has 37 heavy (non-hydrogen) atoms. The van der Waals surface area contributed by atoms with Gasteiger partial charge in [-0.05, 0) is 79.2 Å². The van der Waals surface area contributed by atoms with Crippen molar-refractivity contribution >= 4 is 11.8 Å². The molecule has 0 spiro atoms. The minimum Gasteiger partial charge on any atom is -0.349 e. The summed E-state index contributed by atoms with van der Waals surface area (Å²) < 4.78 is 0. The Bertz CT molecular complexity index is 1190. The highest BCUT2D eigenvalue weighted by Gasteiger charge is 2.60. The summed E-state index contributed by atoms with van der Waals surface area (Å²) in [7, 11) is 0. The number of carbonyl (C=O) groups is 2. The predicted molar refractivity (Wildman–Crippen MR) is 146 cm³/mol. The molecule has 6 rings (SSSR count). The average molecular weight is 497 g/mol. The average Bonchev–Trinajstić information content (AvgIpc) is 3.27. The van der Waals surface area contributed by atoms with E-state index in [1.165, 1.54) is 16.8 Å². The molecule has 2 aromatic rings. The van der Waals surface area contributed by atoms with Crippen molar-refractivity contribution in [3.05, 3.63) is 83.6 Å². The quantitative estimate of drug-likeness (QED) is 0.507. The SMILES string of the molecule is C[C@]12CCC(=O)NC1=CC[C@@H]1[C@@H]2CC[C@]2(C)C(C(=O)NC(Cc3ccccc3)c3ccccc3)CC[C@@H]12. The first-order valence-electron chi connectivity index (χ1n) is 14.3. The van der Waals surface area contributed by atoms with Crippen LogP contribution in [-0.2, 0) is 16.0 Å². The molecular weight excluding hydrogens is 456 g/mol. The number of allylic oxidation sites excluding steroid dienone is 2. The van der Waals surface area contributed by atoms with Gasteiger partial charge in [-0.15, -0.1) is 0 Å². The fourth-order valence-corrected chi connectivity index (χ4v) is 8.68. The van der Waals surface area contributed by atoms with Crippen LogP contribution in [0.3, 0.4) is 0 Å². The van der Waals surface area contributed by atoms with E-state index in [-0.39, 0.29) is 34.6 Å². The lowest BCUT2D eigenvalue weighted by Crippen LogP contribution is -2.54. The van der Waals surface area contributed by atoms with Crippen LogP contribution in [0.15, 0.2) is 72.4 Å². The van der Waals surface area contributed by atoms with Gasteiger partial charge in [0.2, 0.25) is 11.8 Å². The second-order valence-electron chi connectivity index (χ2n) is 12.5. The van der Waals surface area contributed by atoms with E-state index in [4.69, 9.17) is 0 Å². The first kappa shape index (κ1) is 24.5. The number of benzene rings is 2. The normalized spacial score (nSPS) is 35.3. The summed E-state index contributed by atoms with van der Waals surface area (Å²) in [6, 6.07) is 20.9. The lowest BCUT2D eigenvalue weighted by molar-refractivity contribution is -0.133. The van der Waals surface area contributed by atoms with E-state index in [0.717, 1.165) is 44.9 Å². The van der Waals surface area contributed by atoms with Gasteiger partial charge in [-0.2, -0.15) is 0 Å². The van der Waals surface area contributed by atoms with E-state index in [0.29, 0.717) is 24.2 Å². The number of nitrogens with one attached hydrogen (secondary N) is 2. The lowest BCUT2D eigenvalue weighted by Gasteiger charge is -2.57. The summed E-state index contributed by atoms with van der Waals surface area (Å²) in [5.74, 6) is 2.24. The van der Waals surface area contributed by atoms with Crippen LogP contribution in [0.2, 0.25) is 0 Å². The molecule has 2 unspecified atom stereocenters. The molecule has 1 heterocycles. The number of fused-ring (bicyclic) bond motifs is 5. The van der Waals surface area contributed by atoms with Crippen LogP contribution in [-0.4, -0.2) is 11.8 Å². The number of piperidine rings is 1. The van der Waals surface area contributed by atoms with Gasteiger partial charge in [0, 0.05) is 23.5 Å². The van der Waals surface area contributed by atoms with Crippen molar-refractivity contribution in [3.63, 3.8) is 0 Å². The van der Waals surface area contributed by atoms with Crippen molar-refractivity contribution in [2.75, 3.05) is 0 Å². The Kier molecular flexibility index (Phi) is 6.25. The summed E-state index contributed by atoms with van der Waals surface area (Å²) in [6.45, 7) is 4.79. The van der Waals surface area contributed by atoms with Crippen LogP contribution >= 0.6 is 0 Å². The Morgan fingerprint density at radius 2 is 1.70 bits per heavy atom. The van der Waals surface area contributed by atoms with E-state index in [1.54, 1.807) is 0 Å². The maximum Gasteiger partial charge on any atom is 0.224 e. The Hall–Kier alpha value is -2.88. The van der Waals surface area contributed by atoms with Crippen LogP contribution in [0.1, 0.15) is 76.0 Å². The first-order valence-corrected chi connectivity index (χ1v) is 14.3. The molecule has 0 aromatic heterocycles. The largest absolute Gasteiger partial charge is 0.349 e. The summed E-state index contributed by atoms with van der Waals surface area (Å²) >= 11 is 0. The summed E-state index contributed by atoms with van der Waals surface area (Å²) in [5, 5.41) is 6.72. The molecule has 2 aromatic carbocycles. The van der Waals surface area contributed by atoms with Gasteiger partial charge in [0.05, 0.1) is 6.04 Å². The number of rotatable bonds is 5. The molecule has 194 valence electrons. The van der Waals surface area contributed by atoms with Crippen LogP contribution in [0.4, 0.5) is 0 Å². The zero-order valence-electron chi connectivity index (χ0n) is 22.2. The van der Waals surface area contributed by atoms with Crippen LogP contribution < -0.4 is 10.6 Å². The standard InChI is InChI=1S/C33H40N2O2/c1-32-19-17-26-24(13-16-29-33(26,2)20-18-30(36)35-29)25(32)14-15-27(32)31(37)34-28(23-11-7-4-8-12-23)21-22-9-5-3-6-10-22/h3-12,16,24-28H,13-15,17-21H2,1-2H3,(H,34,37)(H,35,36)/t24-,25-,26-,27?,28?,32-,33+/m0/s1. The molecule has 2 saturated carbocycles. The second kappa shape index (κ2) is 9.45. The van der Waals surface area contributed by atoms with E-state index in [9.17, 15) is 9.59 Å². The minimum atomic E-state index is -0.0278. The highest BCUT2D eigenvalue weighted by Crippen LogP contribution is 2.65. The van der Waals surface area contributed by atoms with Crippen LogP contribution in [0.25, 0.3) is 0 Å². The summed E-state index contributed by atoms with van der Waals surface area (Å²) in [5.41, 5.74) is 3.70. The molecule has 4 nitrogen and oxygen atoms in total. The number of hydrogen-bond donors (Lipinski definition) is 2. The molecule has 0 bridgehead atoms. The smallest absolute Gasteiger partial charge is 0.224 e. The van der Waals surface area contributed by atoms with Gasteiger partial charge in [0.1, 0.15) is 0 Å². The predicted octanol–water partition coefficient (Wildman–Crippen LogP) is 6.35. The molecule has 2 N–H and O–H groups in total. The lowest BCUT2D eigenvalue weighted by atomic mass is 9.49. The highest BCUT2D eigenvalue weighted by atomic mass is 16.2. The molecule has 0 radical (unpaired) electrons. The van der Waals surface area contributed by atoms with Crippen molar-refractivity contribution in [2.24, 2.45) is 34.5 Å². The molecule has 1 saturated heterocycles. The van der Waals surface area contributed by atoms with Crippen molar-refractivity contribution in [2.45, 2.75) is 71.3 Å². The van der Waals surface area contributed by atoms with Gasteiger partial charge in [-0.1, -0.05) is 80.6 Å². The van der Waals surface area contributed by atoms with Crippen molar-refractivity contribution in [1.29, 1.82) is 0 Å². The number of carbonyl (C=O) groups excluding carboxylic acids is 2. The number of hydrogen-bond acceptors (Lipinski definition) is 2. The molecule has 3 fully saturated rings. The van der Waals surface area contributed by atoms with Crippen molar-refractivity contribution in [3.8, 4) is 0 Å². The van der Waals surface area contributed by atoms with Gasteiger partial charge >= 0.3 is 0 Å². The van der Waals surface area contributed by atoms with Gasteiger partial charge in [-0.3, -0.25) is 9.59 Å². The summed E-state index contributed by atoms with van der Waals surface area (Å²) in [4.78, 5) is 26.1. The van der Waals surface area contributed by atoms with E-state index in [2.05, 4.69) is 79.1 Å². The van der Waals surface area contributed by atoms with E-state index >= 15 is 0 Å². The second-order valence-corrected chi connectivity index (χ2v) is 12.5. The zero-order chi connectivity index (χ0) is 25.6. The van der Waals surface area contributed by atoms with Crippen molar-refractivity contribution < 1.29 is 9.59 Å². The maximum atomic E-state index is 14.0. The van der Waals surface area contributed by atoms with Gasteiger partial charge < -0.3 is 10.6 Å². The van der Waals surface area contributed by atoms with Gasteiger partial charge in [0.15, 0.2) is 0 Å². The highest BCUT2D eigenvalue weighted by molar-refractivity contribution is 5.81. The third-order valence-electron chi connectivity index (χ3n) is 10.7. The first-order chi connectivity index (χ1) is 17.9. The Labute approximate surface area is 221 Å². The van der Waals surface area contributed by atoms with E-state index in [1.807, 2.05) is 12.1 Å². The number of amides is 2. The maximum absolute atomic E-state index is 14.0. The fraction of sp³-hybridized carbons (Fsp3) is 0.515. The van der Waals surface area contributed by atoms with Crippen LogP contribution in [0, 0.1) is 34.5 Å². The monoisotopic (exact) mass is 496 g/mol. The summed E-state index contributed by atoms with van der Waals surface area (Å²) in [6.07, 6.45) is 10.1. The third kappa shape index (κ3) is 4.23. The minimum absolute atomic E-state index is 0.0278. The van der Waals surface area contributed by atoms with E-state index < -0.39 is 0 Å². The Morgan fingerprint density at radius 3 is 2.46 bits per heavy atom. The topological polar surface area (TPSA) is 58.2 Å². The zero-order valence-corrected chi connectivity index (χ0v) is 22.2. The molecule has 4 heteroatoms. The van der Waals surface area contributed by atoms with Crippen LogP contribution in [0.5, 0.6) is 0 Å². The molecule has 3 aliphatic carbocycles. The molecule has 4 aliphatic rings.